The largest absolute Gasteiger partial charge is 0.756 e. The van der Waals surface area contributed by atoms with Crippen molar-refractivity contribution in [3.05, 3.63) is 134 Å². The van der Waals surface area contributed by atoms with E-state index in [1.54, 1.807) is 0 Å². The first-order valence-electron chi connectivity index (χ1n) is 27.9. The van der Waals surface area contributed by atoms with E-state index in [9.17, 15) is 14.3 Å². The van der Waals surface area contributed by atoms with Crippen molar-refractivity contribution in [2.45, 2.75) is 200 Å². The number of nitrogens with zero attached hydrogens (tertiary/aromatic N) is 1. The third-order valence-corrected chi connectivity index (χ3v) is 12.2. The Hall–Kier alpha value is -3.36. The molecule has 0 radical (unpaired) electrons. The highest BCUT2D eigenvalue weighted by Gasteiger charge is 2.20. The van der Waals surface area contributed by atoms with Gasteiger partial charge in [-0.25, -0.2) is 0 Å². The van der Waals surface area contributed by atoms with Crippen molar-refractivity contribution in [1.29, 1.82) is 0 Å². The third kappa shape index (κ3) is 57.4. The Balaban J connectivity index is 4.21. The van der Waals surface area contributed by atoms with Gasteiger partial charge in [0.1, 0.15) is 19.3 Å². The zero-order valence-corrected chi connectivity index (χ0v) is 46.8. The number of rotatable bonds is 50. The average Bonchev–Trinajstić information content (AvgIpc) is 3.33. The number of ether oxygens (including phenoxy) is 2. The van der Waals surface area contributed by atoms with Crippen LogP contribution in [0.5, 0.6) is 0 Å². The lowest BCUT2D eigenvalue weighted by Gasteiger charge is -2.28. The van der Waals surface area contributed by atoms with E-state index in [0.29, 0.717) is 17.6 Å². The van der Waals surface area contributed by atoms with Gasteiger partial charge in [-0.3, -0.25) is 9.36 Å². The van der Waals surface area contributed by atoms with E-state index in [-0.39, 0.29) is 32.2 Å². The van der Waals surface area contributed by atoms with E-state index in [1.165, 1.54) is 44.9 Å². The summed E-state index contributed by atoms with van der Waals surface area (Å²) in [6, 6.07) is 0. The molecule has 0 aliphatic carbocycles. The highest BCUT2D eigenvalue weighted by molar-refractivity contribution is 7.45. The Morgan fingerprint density at radius 3 is 1.15 bits per heavy atom. The Morgan fingerprint density at radius 2 is 0.775 bits per heavy atom. The molecule has 0 N–H and O–H groups in total. The molecule has 0 amide bonds. The third-order valence-electron chi connectivity index (χ3n) is 11.2. The smallest absolute Gasteiger partial charge is 0.306 e. The van der Waals surface area contributed by atoms with Gasteiger partial charge in [0.05, 0.1) is 34.4 Å². The molecule has 2 atom stereocenters. The summed E-state index contributed by atoms with van der Waals surface area (Å²) in [6.45, 7) is 5.12. The number of unbranched alkanes of at least 4 members (excludes halogenated alkanes) is 14. The van der Waals surface area contributed by atoms with Crippen LogP contribution in [0.25, 0.3) is 0 Å². The fraction of sp³-hybridized carbons (Fsp3) is 0.629. The summed E-state index contributed by atoms with van der Waals surface area (Å²) >= 11 is 0. The fourth-order valence-electron chi connectivity index (χ4n) is 6.99. The predicted molar refractivity (Wildman–Crippen MR) is 304 cm³/mol. The van der Waals surface area contributed by atoms with Crippen LogP contribution in [-0.2, 0) is 27.9 Å². The molecule has 0 saturated carbocycles. The summed E-state index contributed by atoms with van der Waals surface area (Å²) in [4.78, 5) is 25.3. The van der Waals surface area contributed by atoms with Crippen molar-refractivity contribution in [3.63, 3.8) is 0 Å². The van der Waals surface area contributed by atoms with Gasteiger partial charge < -0.3 is 27.9 Å². The minimum Gasteiger partial charge on any atom is -0.756 e. The van der Waals surface area contributed by atoms with Gasteiger partial charge in [-0.2, -0.15) is 0 Å². The SMILES string of the molecule is CC/C=C\C/C=C\C/C=C\C/C=C\C/C=C\C/C=C\CCCCCCCCC(=O)OC(COCCCCCCCCCC/C=C\C/C=C\C/C=C\C/C=C\C/C=C\CC)COP(=O)([O-])OCC[N+](C)(C)C. The molecule has 8 nitrogen and oxygen atoms in total. The van der Waals surface area contributed by atoms with Crippen LogP contribution < -0.4 is 4.89 Å². The fourth-order valence-corrected chi connectivity index (χ4v) is 7.72. The molecule has 0 aromatic heterocycles. The van der Waals surface area contributed by atoms with Gasteiger partial charge in [0.2, 0.25) is 0 Å². The summed E-state index contributed by atoms with van der Waals surface area (Å²) in [5, 5.41) is 0. The van der Waals surface area contributed by atoms with Crippen LogP contribution in [0.15, 0.2) is 134 Å². The first-order valence-corrected chi connectivity index (χ1v) is 29.4. The molecular formula is C62H104NO7P. The molecule has 0 aromatic carbocycles. The molecule has 71 heavy (non-hydrogen) atoms. The van der Waals surface area contributed by atoms with Crippen LogP contribution in [0.4, 0.5) is 0 Å². The molecule has 0 saturated heterocycles. The van der Waals surface area contributed by atoms with E-state index in [0.717, 1.165) is 128 Å². The second-order valence-electron chi connectivity index (χ2n) is 19.2. The van der Waals surface area contributed by atoms with Crippen molar-refractivity contribution >= 4 is 13.8 Å². The molecule has 0 fully saturated rings. The standard InChI is InChI=1S/C62H104NO7P/c1-6-8-10-12-14-16-18-20-22-24-26-28-30-32-33-35-37-39-41-43-45-47-49-51-53-55-62(64)70-61(60-69-71(65,66)68-58-56-63(3,4)5)59-67-57-54-52-50-48-46-44-42-40-38-36-34-31-29-27-25-23-21-19-17-15-13-11-9-7-2/h8-11,14-17,20-23,26-29,32-34,36-37,39,61H,6-7,12-13,18-19,24-25,30-31,35,38,40-60H2,1-5H3/b10-8-,11-9-,16-14-,17-15-,22-20-,23-21-,28-26-,29-27-,33-32-,36-34-,39-37-. The van der Waals surface area contributed by atoms with Gasteiger partial charge in [-0.1, -0.05) is 212 Å². The van der Waals surface area contributed by atoms with Gasteiger partial charge in [0.25, 0.3) is 7.82 Å². The van der Waals surface area contributed by atoms with Crippen LogP contribution in [0.1, 0.15) is 194 Å². The van der Waals surface area contributed by atoms with Crippen molar-refractivity contribution in [3.8, 4) is 0 Å². The molecule has 9 heteroatoms. The van der Waals surface area contributed by atoms with Crippen LogP contribution in [-0.4, -0.2) is 70.7 Å². The topological polar surface area (TPSA) is 94.1 Å². The Labute approximate surface area is 436 Å². The zero-order chi connectivity index (χ0) is 51.9. The van der Waals surface area contributed by atoms with E-state index in [2.05, 4.69) is 148 Å². The predicted octanol–water partition coefficient (Wildman–Crippen LogP) is 17.2. The van der Waals surface area contributed by atoms with E-state index in [4.69, 9.17) is 18.5 Å². The van der Waals surface area contributed by atoms with E-state index >= 15 is 0 Å². The van der Waals surface area contributed by atoms with Gasteiger partial charge >= 0.3 is 5.97 Å². The molecule has 0 spiro atoms. The molecule has 404 valence electrons. The maximum Gasteiger partial charge on any atom is 0.306 e. The van der Waals surface area contributed by atoms with Gasteiger partial charge in [0, 0.05) is 13.0 Å². The van der Waals surface area contributed by atoms with Gasteiger partial charge in [0.15, 0.2) is 0 Å². The molecular weight excluding hydrogens is 902 g/mol. The van der Waals surface area contributed by atoms with Gasteiger partial charge in [-0.15, -0.1) is 0 Å². The molecule has 0 bridgehead atoms. The number of quaternary nitrogens is 1. The highest BCUT2D eigenvalue weighted by Crippen LogP contribution is 2.38. The number of hydrogen-bond donors (Lipinski definition) is 0. The number of esters is 1. The van der Waals surface area contributed by atoms with Crippen molar-refractivity contribution in [2.24, 2.45) is 0 Å². The monoisotopic (exact) mass is 1010 g/mol. The van der Waals surface area contributed by atoms with E-state index in [1.807, 2.05) is 21.1 Å². The Morgan fingerprint density at radius 1 is 0.437 bits per heavy atom. The van der Waals surface area contributed by atoms with Crippen molar-refractivity contribution in [2.75, 3.05) is 54.1 Å². The lowest BCUT2D eigenvalue weighted by Crippen LogP contribution is -2.37. The quantitative estimate of drug-likeness (QED) is 0.0197. The molecule has 0 aliphatic heterocycles. The van der Waals surface area contributed by atoms with Crippen LogP contribution in [0.2, 0.25) is 0 Å². The molecule has 0 aromatic rings. The number of phosphoric ester groups is 1. The van der Waals surface area contributed by atoms with Crippen LogP contribution in [0.3, 0.4) is 0 Å². The normalized spacial score (nSPS) is 14.5. The number of phosphoric acid groups is 1. The summed E-state index contributed by atoms with van der Waals surface area (Å²) < 4.78 is 34.8. The first-order chi connectivity index (χ1) is 34.6. The lowest BCUT2D eigenvalue weighted by molar-refractivity contribution is -0.870. The van der Waals surface area contributed by atoms with Gasteiger partial charge in [-0.05, 0) is 109 Å². The summed E-state index contributed by atoms with van der Waals surface area (Å²) in [7, 11) is 1.32. The highest BCUT2D eigenvalue weighted by atomic mass is 31.2. The molecule has 2 unspecified atom stereocenters. The minimum absolute atomic E-state index is 0.0127. The second-order valence-corrected chi connectivity index (χ2v) is 20.6. The Kier molecular flexibility index (Phi) is 50.4. The second kappa shape index (κ2) is 52.9. The van der Waals surface area contributed by atoms with E-state index < -0.39 is 13.9 Å². The van der Waals surface area contributed by atoms with Crippen LogP contribution >= 0.6 is 7.82 Å². The first kappa shape index (κ1) is 67.6. The number of likely N-dealkylation sites (N-methyl/N-ethyl adjacent to an activating group) is 1. The maximum atomic E-state index is 12.8. The zero-order valence-electron chi connectivity index (χ0n) is 45.9. The average molecular weight is 1010 g/mol. The van der Waals surface area contributed by atoms with Crippen molar-refractivity contribution < 1.29 is 37.3 Å². The number of carbonyl (C=O) groups is 1. The number of allylic oxidation sites excluding steroid dienone is 22. The summed E-state index contributed by atoms with van der Waals surface area (Å²) in [6.07, 6.45) is 77.7. The maximum absolute atomic E-state index is 12.8. The number of carbonyl (C=O) groups excluding carboxylic acids is 1. The lowest BCUT2D eigenvalue weighted by atomic mass is 10.1. The molecule has 0 aliphatic rings. The van der Waals surface area contributed by atoms with Crippen LogP contribution in [0, 0.1) is 0 Å². The summed E-state index contributed by atoms with van der Waals surface area (Å²) in [5.74, 6) is -0.357. The summed E-state index contributed by atoms with van der Waals surface area (Å²) in [5.41, 5.74) is 0. The molecule has 0 heterocycles. The molecule has 0 rings (SSSR count). The Bertz CT molecular complexity index is 1590. The number of hydrogen-bond acceptors (Lipinski definition) is 7. The van der Waals surface area contributed by atoms with Crippen molar-refractivity contribution in [1.82, 2.24) is 0 Å². The minimum atomic E-state index is -4.55.